The van der Waals surface area contributed by atoms with Crippen molar-refractivity contribution in [2.24, 2.45) is 0 Å². The van der Waals surface area contributed by atoms with Crippen molar-refractivity contribution in [3.63, 3.8) is 0 Å². The molecule has 0 radical (unpaired) electrons. The molecule has 6 heteroatoms. The quantitative estimate of drug-likeness (QED) is 0.168. The van der Waals surface area contributed by atoms with Crippen molar-refractivity contribution in [1.29, 1.82) is 0 Å². The molecule has 0 unspecified atom stereocenters. The van der Waals surface area contributed by atoms with Gasteiger partial charge in [-0.15, -0.1) is 0 Å². The van der Waals surface area contributed by atoms with Crippen LogP contribution in [0.1, 0.15) is 0 Å². The molecule has 4 heterocycles. The Hall–Kier alpha value is -8.61. The van der Waals surface area contributed by atoms with Crippen LogP contribution in [0.25, 0.3) is 122 Å². The molecule has 9 aromatic carbocycles. The molecule has 0 saturated carbocycles. The third kappa shape index (κ3) is 5.69. The summed E-state index contributed by atoms with van der Waals surface area (Å²) in [5, 5.41) is 6.77. The number of fused-ring (bicyclic) bond motifs is 9. The van der Waals surface area contributed by atoms with Crippen LogP contribution in [0.4, 0.5) is 0 Å². The summed E-state index contributed by atoms with van der Waals surface area (Å²) in [6.45, 7) is 0. The minimum atomic E-state index is 0.588. The van der Waals surface area contributed by atoms with Crippen LogP contribution in [0.15, 0.2) is 217 Å². The largest absolute Gasteiger partial charge is 0.456 e. The van der Waals surface area contributed by atoms with Gasteiger partial charge in [-0.25, -0.2) is 15.0 Å². The smallest absolute Gasteiger partial charge is 0.164 e. The predicted molar refractivity (Wildman–Crippen MR) is 258 cm³/mol. The van der Waals surface area contributed by atoms with Crippen molar-refractivity contribution in [2.75, 3.05) is 0 Å². The van der Waals surface area contributed by atoms with Gasteiger partial charge in [-0.2, -0.15) is 0 Å². The van der Waals surface area contributed by atoms with Gasteiger partial charge in [0, 0.05) is 60.4 Å². The zero-order valence-corrected chi connectivity index (χ0v) is 33.9. The first-order valence-electron chi connectivity index (χ1n) is 21.2. The number of benzene rings is 9. The van der Waals surface area contributed by atoms with E-state index in [1.807, 2.05) is 30.3 Å². The Kier molecular flexibility index (Phi) is 7.80. The second kappa shape index (κ2) is 14.0. The third-order valence-electron chi connectivity index (χ3n) is 12.4. The summed E-state index contributed by atoms with van der Waals surface area (Å²) in [5.74, 6) is 1.78. The second-order valence-corrected chi connectivity index (χ2v) is 16.0. The number of furan rings is 1. The first-order valence-corrected chi connectivity index (χ1v) is 21.2. The fraction of sp³-hybridized carbons (Fsp3) is 0. The highest BCUT2D eigenvalue weighted by atomic mass is 16.3. The van der Waals surface area contributed by atoms with Gasteiger partial charge in [0.15, 0.2) is 17.5 Å². The van der Waals surface area contributed by atoms with Crippen molar-refractivity contribution in [1.82, 2.24) is 24.1 Å². The lowest BCUT2D eigenvalue weighted by molar-refractivity contribution is 0.669. The van der Waals surface area contributed by atoms with Crippen LogP contribution in [0.5, 0.6) is 0 Å². The molecule has 13 aromatic rings. The molecular formula is C57H35N5O. The fourth-order valence-electron chi connectivity index (χ4n) is 9.44. The molecule has 13 rings (SSSR count). The van der Waals surface area contributed by atoms with E-state index >= 15 is 0 Å². The van der Waals surface area contributed by atoms with Crippen LogP contribution >= 0.6 is 0 Å². The van der Waals surface area contributed by atoms with Gasteiger partial charge in [0.25, 0.3) is 0 Å². The van der Waals surface area contributed by atoms with E-state index in [0.717, 1.165) is 77.5 Å². The zero-order chi connectivity index (χ0) is 41.4. The first kappa shape index (κ1) is 35.2. The van der Waals surface area contributed by atoms with E-state index in [0.29, 0.717) is 17.5 Å². The maximum absolute atomic E-state index is 6.22. The molecule has 0 aliphatic heterocycles. The SMILES string of the molecule is c1ccc(-c2ccc3c(c2)c2ccccc2n3-c2cccc(-c3nc(-c4ccc5oc6ccccc6c5c4)nc(-c4ccc5c(c4)c4ccccc4n5-c4ccccc4)n3)c2)cc1. The van der Waals surface area contributed by atoms with E-state index in [-0.39, 0.29) is 0 Å². The first-order chi connectivity index (χ1) is 31.2. The molecule has 0 saturated heterocycles. The third-order valence-corrected chi connectivity index (χ3v) is 12.4. The van der Waals surface area contributed by atoms with Gasteiger partial charge in [-0.1, -0.05) is 121 Å². The molecule has 294 valence electrons. The number of para-hydroxylation sites is 4. The number of rotatable bonds is 6. The van der Waals surface area contributed by atoms with Crippen LogP contribution < -0.4 is 0 Å². The van der Waals surface area contributed by atoms with Crippen molar-refractivity contribution < 1.29 is 4.42 Å². The maximum Gasteiger partial charge on any atom is 0.164 e. The van der Waals surface area contributed by atoms with E-state index in [4.69, 9.17) is 19.4 Å². The molecule has 0 aliphatic carbocycles. The molecule has 0 atom stereocenters. The molecule has 0 amide bonds. The summed E-state index contributed by atoms with van der Waals surface area (Å²) in [7, 11) is 0. The highest BCUT2D eigenvalue weighted by Gasteiger charge is 2.19. The number of nitrogens with zero attached hydrogens (tertiary/aromatic N) is 5. The average Bonchev–Trinajstić information content (AvgIpc) is 4.01. The van der Waals surface area contributed by atoms with Crippen molar-refractivity contribution in [3.8, 4) is 56.7 Å². The molecular weight excluding hydrogens is 771 g/mol. The van der Waals surface area contributed by atoms with Gasteiger partial charge in [-0.3, -0.25) is 0 Å². The molecule has 0 N–H and O–H groups in total. The van der Waals surface area contributed by atoms with Crippen LogP contribution in [0.3, 0.4) is 0 Å². The Morgan fingerprint density at radius 1 is 0.270 bits per heavy atom. The normalized spacial score (nSPS) is 11.8. The fourth-order valence-corrected chi connectivity index (χ4v) is 9.44. The Bertz CT molecular complexity index is 3920. The van der Waals surface area contributed by atoms with Crippen LogP contribution in [0, 0.1) is 0 Å². The lowest BCUT2D eigenvalue weighted by atomic mass is 10.0. The zero-order valence-electron chi connectivity index (χ0n) is 33.9. The van der Waals surface area contributed by atoms with Crippen LogP contribution in [-0.2, 0) is 0 Å². The van der Waals surface area contributed by atoms with Crippen molar-refractivity contribution in [3.05, 3.63) is 212 Å². The molecule has 0 spiro atoms. The summed E-state index contributed by atoms with van der Waals surface area (Å²) >= 11 is 0. The Labute approximate surface area is 361 Å². The predicted octanol–water partition coefficient (Wildman–Crippen LogP) is 14.6. The Morgan fingerprint density at radius 2 is 0.714 bits per heavy atom. The number of hydrogen-bond donors (Lipinski definition) is 0. The second-order valence-electron chi connectivity index (χ2n) is 16.0. The Balaban J connectivity index is 1.01. The maximum atomic E-state index is 6.22. The topological polar surface area (TPSA) is 61.7 Å². The van der Waals surface area contributed by atoms with E-state index in [2.05, 4.69) is 191 Å². The van der Waals surface area contributed by atoms with E-state index in [9.17, 15) is 0 Å². The van der Waals surface area contributed by atoms with Gasteiger partial charge < -0.3 is 13.6 Å². The summed E-state index contributed by atoms with van der Waals surface area (Å²) in [6, 6.07) is 74.5. The molecule has 0 fully saturated rings. The van der Waals surface area contributed by atoms with Crippen molar-refractivity contribution >= 4 is 65.6 Å². The average molecular weight is 806 g/mol. The standard InChI is InChI=1S/C57H35N5O/c1-3-14-36(15-4-1)37-26-29-52-46(33-37)43-20-8-11-24-50(43)62(52)42-19-13-16-38(32-42)55-58-56(60-57(59-55)40-28-31-54-48(35-40)45-22-9-12-25-53(45)63-54)39-27-30-51-47(34-39)44-21-7-10-23-49(44)61(51)41-17-5-2-6-18-41/h1-35H. The van der Waals surface area contributed by atoms with Gasteiger partial charge in [0.2, 0.25) is 0 Å². The lowest BCUT2D eigenvalue weighted by Gasteiger charge is -2.12. The van der Waals surface area contributed by atoms with E-state index < -0.39 is 0 Å². The number of hydrogen-bond acceptors (Lipinski definition) is 4. The highest BCUT2D eigenvalue weighted by molar-refractivity contribution is 6.12. The lowest BCUT2D eigenvalue weighted by Crippen LogP contribution is -2.01. The highest BCUT2D eigenvalue weighted by Crippen LogP contribution is 2.38. The van der Waals surface area contributed by atoms with Crippen LogP contribution in [-0.4, -0.2) is 24.1 Å². The summed E-state index contributed by atoms with van der Waals surface area (Å²) in [4.78, 5) is 15.8. The summed E-state index contributed by atoms with van der Waals surface area (Å²) in [5.41, 5.74) is 13.4. The van der Waals surface area contributed by atoms with Gasteiger partial charge in [-0.05, 0) is 102 Å². The minimum absolute atomic E-state index is 0.588. The van der Waals surface area contributed by atoms with E-state index in [1.54, 1.807) is 0 Å². The van der Waals surface area contributed by atoms with Gasteiger partial charge >= 0.3 is 0 Å². The monoisotopic (exact) mass is 805 g/mol. The van der Waals surface area contributed by atoms with Gasteiger partial charge in [0.1, 0.15) is 11.2 Å². The Morgan fingerprint density at radius 3 is 1.40 bits per heavy atom. The van der Waals surface area contributed by atoms with Crippen molar-refractivity contribution in [2.45, 2.75) is 0 Å². The molecule has 63 heavy (non-hydrogen) atoms. The summed E-state index contributed by atoms with van der Waals surface area (Å²) in [6.07, 6.45) is 0. The molecule has 0 bridgehead atoms. The van der Waals surface area contributed by atoms with Crippen LogP contribution in [0.2, 0.25) is 0 Å². The van der Waals surface area contributed by atoms with E-state index in [1.165, 1.54) is 27.3 Å². The number of aromatic nitrogens is 5. The molecule has 4 aromatic heterocycles. The molecule has 0 aliphatic rings. The van der Waals surface area contributed by atoms with Gasteiger partial charge in [0.05, 0.1) is 22.1 Å². The minimum Gasteiger partial charge on any atom is -0.456 e. The molecule has 6 nitrogen and oxygen atoms in total. The summed E-state index contributed by atoms with van der Waals surface area (Å²) < 4.78 is 10.9.